The molecule has 0 bridgehead atoms. The third-order valence-electron chi connectivity index (χ3n) is 3.14. The van der Waals surface area contributed by atoms with Crippen LogP contribution in [0.2, 0.25) is 0 Å². The molecule has 1 aliphatic heterocycles. The number of nitrogens with zero attached hydrogens (tertiary/aromatic N) is 1. The Balaban J connectivity index is 2.79. The van der Waals surface area contributed by atoms with E-state index in [4.69, 9.17) is 0 Å². The monoisotopic (exact) mass is 225 g/mol. The molecule has 0 aromatic carbocycles. The third-order valence-corrected chi connectivity index (χ3v) is 3.14. The molecule has 1 fully saturated rings. The van der Waals surface area contributed by atoms with Crippen LogP contribution in [-0.4, -0.2) is 28.5 Å². The second kappa shape index (κ2) is 4.76. The van der Waals surface area contributed by atoms with Crippen molar-refractivity contribution in [1.82, 2.24) is 4.90 Å². The molecule has 4 nitrogen and oxygen atoms in total. The van der Waals surface area contributed by atoms with Crippen molar-refractivity contribution in [3.63, 3.8) is 0 Å². The highest BCUT2D eigenvalue weighted by molar-refractivity contribution is 6.02. The Morgan fingerprint density at radius 2 is 1.81 bits per heavy atom. The lowest BCUT2D eigenvalue weighted by molar-refractivity contribution is -0.145. The number of hydrogen-bond acceptors (Lipinski definition) is 3. The molecule has 4 heteroatoms. The molecule has 90 valence electrons. The van der Waals surface area contributed by atoms with Gasteiger partial charge in [-0.2, -0.15) is 0 Å². The van der Waals surface area contributed by atoms with Gasteiger partial charge in [0.15, 0.2) is 0 Å². The summed E-state index contributed by atoms with van der Waals surface area (Å²) in [5.41, 5.74) is -0.549. The molecule has 16 heavy (non-hydrogen) atoms. The summed E-state index contributed by atoms with van der Waals surface area (Å²) in [7, 11) is 0. The van der Waals surface area contributed by atoms with E-state index in [2.05, 4.69) is 0 Å². The second-order valence-corrected chi connectivity index (χ2v) is 4.94. The summed E-state index contributed by atoms with van der Waals surface area (Å²) in [5.74, 6) is -0.317. The van der Waals surface area contributed by atoms with Crippen LogP contribution in [-0.2, 0) is 14.4 Å². The van der Waals surface area contributed by atoms with Crippen molar-refractivity contribution >= 4 is 18.1 Å². The number of rotatable bonds is 5. The minimum absolute atomic E-state index is 0.0869. The Labute approximate surface area is 96.0 Å². The highest BCUT2D eigenvalue weighted by atomic mass is 16.2. The van der Waals surface area contributed by atoms with Crippen LogP contribution in [0.4, 0.5) is 0 Å². The molecule has 0 N–H and O–H groups in total. The second-order valence-electron chi connectivity index (χ2n) is 4.94. The number of aldehydes is 1. The van der Waals surface area contributed by atoms with Crippen molar-refractivity contribution in [3.05, 3.63) is 0 Å². The smallest absolute Gasteiger partial charge is 0.230 e. The van der Waals surface area contributed by atoms with Crippen molar-refractivity contribution in [2.24, 2.45) is 5.92 Å². The zero-order valence-electron chi connectivity index (χ0n) is 10.2. The zero-order chi connectivity index (χ0) is 12.3. The highest BCUT2D eigenvalue weighted by Gasteiger charge is 2.40. The fraction of sp³-hybridized carbons (Fsp3) is 0.750. The van der Waals surface area contributed by atoms with Gasteiger partial charge in [-0.15, -0.1) is 0 Å². The number of carbonyl (C=O) groups is 3. The van der Waals surface area contributed by atoms with Crippen LogP contribution in [0.25, 0.3) is 0 Å². The average molecular weight is 225 g/mol. The Morgan fingerprint density at radius 1 is 1.31 bits per heavy atom. The Kier molecular flexibility index (Phi) is 3.83. The maximum atomic E-state index is 11.6. The van der Waals surface area contributed by atoms with E-state index in [1.54, 1.807) is 0 Å². The first-order valence-electron chi connectivity index (χ1n) is 5.73. The first-order valence-corrected chi connectivity index (χ1v) is 5.73. The molecule has 1 unspecified atom stereocenters. The Bertz CT molecular complexity index is 293. The maximum Gasteiger partial charge on any atom is 0.230 e. The molecule has 0 aromatic heterocycles. The van der Waals surface area contributed by atoms with E-state index in [1.165, 1.54) is 4.90 Å². The summed E-state index contributed by atoms with van der Waals surface area (Å²) in [4.78, 5) is 35.3. The van der Waals surface area contributed by atoms with E-state index >= 15 is 0 Å². The summed E-state index contributed by atoms with van der Waals surface area (Å²) in [6.45, 7) is 5.63. The fourth-order valence-electron chi connectivity index (χ4n) is 2.27. The SMILES string of the molecule is CCC(C=O)CC(C)(C)N1C(=O)CCC1=O. The minimum Gasteiger partial charge on any atom is -0.303 e. The van der Waals surface area contributed by atoms with Crippen molar-refractivity contribution in [1.29, 1.82) is 0 Å². The Hall–Kier alpha value is -1.19. The summed E-state index contributed by atoms with van der Waals surface area (Å²) < 4.78 is 0. The van der Waals surface area contributed by atoms with Gasteiger partial charge in [-0.3, -0.25) is 14.5 Å². The summed E-state index contributed by atoms with van der Waals surface area (Å²) in [5, 5.41) is 0. The van der Waals surface area contributed by atoms with Gasteiger partial charge in [0.1, 0.15) is 6.29 Å². The number of hydrogen-bond donors (Lipinski definition) is 0. The number of likely N-dealkylation sites (tertiary alicyclic amines) is 1. The quantitative estimate of drug-likeness (QED) is 0.526. The summed E-state index contributed by atoms with van der Waals surface area (Å²) in [6, 6.07) is 0. The van der Waals surface area contributed by atoms with Gasteiger partial charge in [-0.1, -0.05) is 6.92 Å². The molecular formula is C12H19NO3. The number of amides is 2. The van der Waals surface area contributed by atoms with Crippen LogP contribution in [0.15, 0.2) is 0 Å². The standard InChI is InChI=1S/C12H19NO3/c1-4-9(8-14)7-12(2,3)13-10(15)5-6-11(13)16/h8-9H,4-7H2,1-3H3. The lowest BCUT2D eigenvalue weighted by Gasteiger charge is -2.35. The molecule has 1 atom stereocenters. The van der Waals surface area contributed by atoms with Crippen LogP contribution in [0.3, 0.4) is 0 Å². The molecule has 0 saturated carbocycles. The van der Waals surface area contributed by atoms with Crippen LogP contribution in [0.5, 0.6) is 0 Å². The van der Waals surface area contributed by atoms with Gasteiger partial charge in [0.05, 0.1) is 0 Å². The zero-order valence-corrected chi connectivity index (χ0v) is 10.2. The fourth-order valence-corrected chi connectivity index (χ4v) is 2.27. The molecule has 0 spiro atoms. The van der Waals surface area contributed by atoms with Crippen LogP contribution < -0.4 is 0 Å². The maximum absolute atomic E-state index is 11.6. The molecule has 1 rings (SSSR count). The lowest BCUT2D eigenvalue weighted by atomic mass is 9.88. The van der Waals surface area contributed by atoms with Crippen LogP contribution >= 0.6 is 0 Å². The minimum atomic E-state index is -0.549. The first kappa shape index (κ1) is 12.9. The molecule has 1 heterocycles. The van der Waals surface area contributed by atoms with Gasteiger partial charge in [-0.25, -0.2) is 0 Å². The van der Waals surface area contributed by atoms with Gasteiger partial charge in [0.25, 0.3) is 0 Å². The number of carbonyl (C=O) groups excluding carboxylic acids is 3. The van der Waals surface area contributed by atoms with Crippen molar-refractivity contribution in [3.8, 4) is 0 Å². The van der Waals surface area contributed by atoms with E-state index in [1.807, 2.05) is 20.8 Å². The molecule has 2 amide bonds. The predicted octanol–water partition coefficient (Wildman–Crippen LogP) is 1.53. The topological polar surface area (TPSA) is 54.5 Å². The van der Waals surface area contributed by atoms with Crippen molar-refractivity contribution in [2.45, 2.75) is 52.0 Å². The molecule has 1 saturated heterocycles. The van der Waals surface area contributed by atoms with Gasteiger partial charge >= 0.3 is 0 Å². The largest absolute Gasteiger partial charge is 0.303 e. The lowest BCUT2D eigenvalue weighted by Crippen LogP contribution is -2.48. The van der Waals surface area contributed by atoms with Gasteiger partial charge in [0, 0.05) is 24.3 Å². The van der Waals surface area contributed by atoms with Gasteiger partial charge in [0.2, 0.25) is 11.8 Å². The third kappa shape index (κ3) is 2.49. The summed E-state index contributed by atoms with van der Waals surface area (Å²) in [6.07, 6.45) is 2.81. The predicted molar refractivity (Wildman–Crippen MR) is 59.6 cm³/mol. The molecule has 0 aromatic rings. The van der Waals surface area contributed by atoms with E-state index in [0.29, 0.717) is 19.3 Å². The van der Waals surface area contributed by atoms with E-state index < -0.39 is 5.54 Å². The van der Waals surface area contributed by atoms with E-state index in [9.17, 15) is 14.4 Å². The molecular weight excluding hydrogens is 206 g/mol. The van der Waals surface area contributed by atoms with Gasteiger partial charge in [-0.05, 0) is 26.7 Å². The van der Waals surface area contributed by atoms with Crippen molar-refractivity contribution in [2.75, 3.05) is 0 Å². The Morgan fingerprint density at radius 3 is 2.19 bits per heavy atom. The molecule has 0 aliphatic carbocycles. The molecule has 1 aliphatic rings. The molecule has 0 radical (unpaired) electrons. The first-order chi connectivity index (χ1) is 7.42. The van der Waals surface area contributed by atoms with Crippen LogP contribution in [0, 0.1) is 5.92 Å². The van der Waals surface area contributed by atoms with Crippen LogP contribution in [0.1, 0.15) is 46.5 Å². The van der Waals surface area contributed by atoms with E-state index in [-0.39, 0.29) is 17.7 Å². The average Bonchev–Trinajstić information content (AvgIpc) is 2.55. The number of imide groups is 1. The van der Waals surface area contributed by atoms with Gasteiger partial charge < -0.3 is 4.79 Å². The highest BCUT2D eigenvalue weighted by Crippen LogP contribution is 2.29. The summed E-state index contributed by atoms with van der Waals surface area (Å²) >= 11 is 0. The van der Waals surface area contributed by atoms with E-state index in [0.717, 1.165) is 12.7 Å². The van der Waals surface area contributed by atoms with Crippen molar-refractivity contribution < 1.29 is 14.4 Å². The normalized spacial score (nSPS) is 19.1.